The standard InChI is InChI=1S/C21H23N5O2/c1-25-11-4-8-18(25)19-14-15(27)9-13-26(19)12-5-10-22-20-16-6-2-3-7-17(16)21(28)24-23-20/h2-4,6-9,11,13,19H,5,10,12,14H2,1H3,(H,22,23)(H,24,28). The number of rotatable bonds is 6. The fourth-order valence-electron chi connectivity index (χ4n) is 3.70. The summed E-state index contributed by atoms with van der Waals surface area (Å²) in [5.74, 6) is 0.836. The number of allylic oxidation sites excluding steroid dienone is 1. The van der Waals surface area contributed by atoms with Gasteiger partial charge < -0.3 is 14.8 Å². The van der Waals surface area contributed by atoms with Crippen molar-refractivity contribution in [3.8, 4) is 0 Å². The van der Waals surface area contributed by atoms with E-state index in [4.69, 9.17) is 0 Å². The molecule has 144 valence electrons. The summed E-state index contributed by atoms with van der Waals surface area (Å²) in [5, 5.41) is 11.4. The van der Waals surface area contributed by atoms with Crippen LogP contribution in [0.2, 0.25) is 0 Å². The number of aromatic nitrogens is 3. The van der Waals surface area contributed by atoms with Gasteiger partial charge >= 0.3 is 0 Å². The number of nitrogens with one attached hydrogen (secondary N) is 2. The van der Waals surface area contributed by atoms with Crippen molar-refractivity contribution in [1.82, 2.24) is 19.7 Å². The van der Waals surface area contributed by atoms with Gasteiger partial charge in [-0.1, -0.05) is 18.2 Å². The molecule has 0 fully saturated rings. The highest BCUT2D eigenvalue weighted by atomic mass is 16.1. The third kappa shape index (κ3) is 3.55. The Bertz CT molecular complexity index is 1080. The second kappa shape index (κ2) is 7.72. The smallest absolute Gasteiger partial charge is 0.272 e. The summed E-state index contributed by atoms with van der Waals surface area (Å²) in [4.78, 5) is 26.0. The van der Waals surface area contributed by atoms with Gasteiger partial charge in [-0.15, -0.1) is 0 Å². The van der Waals surface area contributed by atoms with Crippen LogP contribution in [0.1, 0.15) is 24.6 Å². The number of aryl methyl sites for hydroxylation is 1. The third-order valence-electron chi connectivity index (χ3n) is 5.15. The number of fused-ring (bicyclic) bond motifs is 1. The topological polar surface area (TPSA) is 83.0 Å². The molecule has 28 heavy (non-hydrogen) atoms. The Kier molecular flexibility index (Phi) is 4.97. The van der Waals surface area contributed by atoms with Crippen LogP contribution in [0, 0.1) is 0 Å². The number of hydrogen-bond acceptors (Lipinski definition) is 5. The summed E-state index contributed by atoms with van der Waals surface area (Å²) >= 11 is 0. The predicted molar refractivity (Wildman–Crippen MR) is 109 cm³/mol. The van der Waals surface area contributed by atoms with Gasteiger partial charge in [-0.25, -0.2) is 5.10 Å². The largest absolute Gasteiger partial charge is 0.368 e. The summed E-state index contributed by atoms with van der Waals surface area (Å²) in [7, 11) is 2.00. The maximum atomic E-state index is 11.9. The zero-order valence-electron chi connectivity index (χ0n) is 15.8. The minimum absolute atomic E-state index is 0.0598. The molecule has 1 unspecified atom stereocenters. The van der Waals surface area contributed by atoms with Gasteiger partial charge in [-0.2, -0.15) is 5.10 Å². The molecule has 1 aromatic carbocycles. The fourth-order valence-corrected chi connectivity index (χ4v) is 3.70. The van der Waals surface area contributed by atoms with E-state index in [9.17, 15) is 9.59 Å². The van der Waals surface area contributed by atoms with E-state index in [1.807, 2.05) is 43.7 Å². The molecule has 0 bridgehead atoms. The Hall–Kier alpha value is -3.35. The average Bonchev–Trinajstić information content (AvgIpc) is 3.13. The Labute approximate surface area is 162 Å². The number of benzene rings is 1. The van der Waals surface area contributed by atoms with Crippen LogP contribution < -0.4 is 10.9 Å². The second-order valence-electron chi connectivity index (χ2n) is 7.01. The lowest BCUT2D eigenvalue weighted by Gasteiger charge is -2.33. The second-order valence-corrected chi connectivity index (χ2v) is 7.01. The maximum absolute atomic E-state index is 11.9. The predicted octanol–water partition coefficient (Wildman–Crippen LogP) is 2.59. The zero-order chi connectivity index (χ0) is 19.5. The third-order valence-corrected chi connectivity index (χ3v) is 5.15. The maximum Gasteiger partial charge on any atom is 0.272 e. The first kappa shape index (κ1) is 18.0. The molecular weight excluding hydrogens is 354 g/mol. The SMILES string of the molecule is Cn1cccc1C1CC(=O)C=CN1CCCNc1n[nH]c(=O)c2ccccc12. The molecule has 0 amide bonds. The number of ketones is 1. The van der Waals surface area contributed by atoms with Crippen molar-refractivity contribution in [2.75, 3.05) is 18.4 Å². The molecule has 1 aliphatic rings. The summed E-state index contributed by atoms with van der Waals surface area (Å²) in [6.45, 7) is 1.52. The van der Waals surface area contributed by atoms with Crippen molar-refractivity contribution in [2.24, 2.45) is 7.05 Å². The lowest BCUT2D eigenvalue weighted by Crippen LogP contribution is -2.32. The highest BCUT2D eigenvalue weighted by molar-refractivity contribution is 5.91. The number of carbonyl (C=O) groups is 1. The lowest BCUT2D eigenvalue weighted by atomic mass is 10.0. The van der Waals surface area contributed by atoms with Crippen molar-refractivity contribution in [3.05, 3.63) is 70.9 Å². The van der Waals surface area contributed by atoms with Crippen LogP contribution in [0.3, 0.4) is 0 Å². The van der Waals surface area contributed by atoms with Crippen molar-refractivity contribution < 1.29 is 4.79 Å². The van der Waals surface area contributed by atoms with E-state index >= 15 is 0 Å². The minimum Gasteiger partial charge on any atom is -0.368 e. The molecule has 0 spiro atoms. The Morgan fingerprint density at radius 3 is 2.79 bits per heavy atom. The van der Waals surface area contributed by atoms with Gasteiger partial charge in [0.1, 0.15) is 0 Å². The van der Waals surface area contributed by atoms with Crippen LogP contribution in [-0.2, 0) is 11.8 Å². The van der Waals surface area contributed by atoms with Crippen LogP contribution >= 0.6 is 0 Å². The van der Waals surface area contributed by atoms with Gasteiger partial charge in [0.05, 0.1) is 11.4 Å². The van der Waals surface area contributed by atoms with Crippen molar-refractivity contribution in [1.29, 1.82) is 0 Å². The van der Waals surface area contributed by atoms with E-state index in [0.29, 0.717) is 24.2 Å². The minimum atomic E-state index is -0.185. The normalized spacial score (nSPS) is 16.7. The van der Waals surface area contributed by atoms with Gasteiger partial charge in [-0.3, -0.25) is 9.59 Å². The quantitative estimate of drug-likeness (QED) is 0.645. The summed E-state index contributed by atoms with van der Waals surface area (Å²) < 4.78 is 2.07. The van der Waals surface area contributed by atoms with E-state index in [-0.39, 0.29) is 17.4 Å². The molecule has 3 heterocycles. The van der Waals surface area contributed by atoms with Gasteiger partial charge in [0.25, 0.3) is 5.56 Å². The van der Waals surface area contributed by atoms with E-state index < -0.39 is 0 Å². The molecular formula is C21H23N5O2. The summed E-state index contributed by atoms with van der Waals surface area (Å²) in [6, 6.07) is 11.6. The lowest BCUT2D eigenvalue weighted by molar-refractivity contribution is -0.116. The summed E-state index contributed by atoms with van der Waals surface area (Å²) in [5.41, 5.74) is 0.952. The highest BCUT2D eigenvalue weighted by Crippen LogP contribution is 2.28. The molecule has 7 nitrogen and oxygen atoms in total. The van der Waals surface area contributed by atoms with E-state index in [1.54, 1.807) is 12.1 Å². The molecule has 1 atom stereocenters. The summed E-state index contributed by atoms with van der Waals surface area (Å²) in [6.07, 6.45) is 6.92. The molecule has 1 aliphatic heterocycles. The van der Waals surface area contributed by atoms with Crippen LogP contribution in [0.25, 0.3) is 10.8 Å². The molecule has 0 saturated carbocycles. The molecule has 2 N–H and O–H groups in total. The Morgan fingerprint density at radius 2 is 2.00 bits per heavy atom. The van der Waals surface area contributed by atoms with E-state index in [1.165, 1.54) is 0 Å². The number of hydrogen-bond donors (Lipinski definition) is 2. The first-order chi connectivity index (χ1) is 13.6. The van der Waals surface area contributed by atoms with Crippen molar-refractivity contribution in [2.45, 2.75) is 18.9 Å². The number of anilines is 1. The van der Waals surface area contributed by atoms with Gasteiger partial charge in [0, 0.05) is 50.0 Å². The molecule has 0 radical (unpaired) electrons. The molecule has 4 rings (SSSR count). The van der Waals surface area contributed by atoms with Crippen LogP contribution in [-0.4, -0.2) is 38.5 Å². The Balaban J connectivity index is 1.41. The van der Waals surface area contributed by atoms with Gasteiger partial charge in [0.15, 0.2) is 11.6 Å². The first-order valence-electron chi connectivity index (χ1n) is 9.43. The highest BCUT2D eigenvalue weighted by Gasteiger charge is 2.25. The first-order valence-corrected chi connectivity index (χ1v) is 9.43. The fraction of sp³-hybridized carbons (Fsp3) is 0.286. The van der Waals surface area contributed by atoms with Gasteiger partial charge in [0.2, 0.25) is 0 Å². The number of nitrogens with zero attached hydrogens (tertiary/aromatic N) is 3. The van der Waals surface area contributed by atoms with Crippen LogP contribution in [0.15, 0.2) is 59.7 Å². The molecule has 3 aromatic rings. The number of aromatic amines is 1. The number of carbonyl (C=O) groups excluding carboxylic acids is 1. The van der Waals surface area contributed by atoms with Crippen molar-refractivity contribution in [3.63, 3.8) is 0 Å². The molecule has 0 saturated heterocycles. The van der Waals surface area contributed by atoms with E-state index in [2.05, 4.69) is 31.0 Å². The number of H-pyrrole nitrogens is 1. The van der Waals surface area contributed by atoms with Gasteiger partial charge in [-0.05, 0) is 30.7 Å². The average molecular weight is 377 g/mol. The van der Waals surface area contributed by atoms with E-state index in [0.717, 1.165) is 24.0 Å². The van der Waals surface area contributed by atoms with Crippen LogP contribution in [0.5, 0.6) is 0 Å². The monoisotopic (exact) mass is 377 g/mol. The zero-order valence-corrected chi connectivity index (χ0v) is 15.8. The molecule has 7 heteroatoms. The van der Waals surface area contributed by atoms with Crippen LogP contribution in [0.4, 0.5) is 5.82 Å². The molecule has 0 aliphatic carbocycles. The van der Waals surface area contributed by atoms with Crippen molar-refractivity contribution >= 4 is 22.4 Å². The Morgan fingerprint density at radius 1 is 1.18 bits per heavy atom. The molecule has 2 aromatic heterocycles.